The van der Waals surface area contributed by atoms with Crippen molar-refractivity contribution in [1.29, 1.82) is 5.26 Å². The van der Waals surface area contributed by atoms with Gasteiger partial charge in [0.05, 0.1) is 35.6 Å². The topological polar surface area (TPSA) is 93.7 Å². The number of esters is 1. The summed E-state index contributed by atoms with van der Waals surface area (Å²) in [5.74, 6) is 0.0853. The van der Waals surface area contributed by atoms with Crippen molar-refractivity contribution in [3.63, 3.8) is 0 Å². The van der Waals surface area contributed by atoms with E-state index in [1.165, 1.54) is 11.3 Å². The second-order valence-corrected chi connectivity index (χ2v) is 12.5. The molecule has 0 saturated heterocycles. The van der Waals surface area contributed by atoms with Gasteiger partial charge in [0.15, 0.2) is 11.4 Å². The zero-order valence-corrected chi connectivity index (χ0v) is 27.3. The van der Waals surface area contributed by atoms with Gasteiger partial charge < -0.3 is 9.47 Å². The van der Waals surface area contributed by atoms with Gasteiger partial charge in [0.1, 0.15) is 11.8 Å². The standard InChI is InChI=1S/C30H20ClI2N3O4S/c1-2-39-29(38)24-25(18-6-4-3-5-7-18)35-30-36(26(24)19-8-10-20(31)11-9-19)28(37)23(41-30)16-17-14-21(32)27(22(33)15-17)40-13-12-34/h3-11,14-16,26H,2,13H2,1H3/b23-16-/t26-/m0/s1. The number of aromatic nitrogens is 1. The van der Waals surface area contributed by atoms with Gasteiger partial charge in [0.2, 0.25) is 0 Å². The van der Waals surface area contributed by atoms with Crippen LogP contribution in [-0.2, 0) is 9.53 Å². The second kappa shape index (κ2) is 12.9. The molecule has 0 aliphatic carbocycles. The Kier molecular flexibility index (Phi) is 9.28. The maximum absolute atomic E-state index is 14.0. The van der Waals surface area contributed by atoms with E-state index < -0.39 is 12.0 Å². The highest BCUT2D eigenvalue weighted by atomic mass is 127. The zero-order valence-electron chi connectivity index (χ0n) is 21.4. The lowest BCUT2D eigenvalue weighted by atomic mass is 9.93. The van der Waals surface area contributed by atoms with Gasteiger partial charge in [-0.05, 0) is 93.6 Å². The van der Waals surface area contributed by atoms with Crippen LogP contribution >= 0.6 is 68.1 Å². The molecule has 206 valence electrons. The molecule has 0 saturated carbocycles. The third kappa shape index (κ3) is 6.13. The third-order valence-electron chi connectivity index (χ3n) is 6.16. The molecule has 0 bridgehead atoms. The summed E-state index contributed by atoms with van der Waals surface area (Å²) in [4.78, 5) is 32.9. The third-order valence-corrected chi connectivity index (χ3v) is 9.00. The van der Waals surface area contributed by atoms with Crippen LogP contribution in [0.3, 0.4) is 0 Å². The number of hydrogen-bond acceptors (Lipinski definition) is 7. The smallest absolute Gasteiger partial charge is 0.338 e. The number of thiazole rings is 1. The molecule has 0 amide bonds. The first-order valence-electron chi connectivity index (χ1n) is 12.3. The van der Waals surface area contributed by atoms with Gasteiger partial charge in [0, 0.05) is 10.6 Å². The Morgan fingerprint density at radius 1 is 1.15 bits per heavy atom. The molecule has 0 spiro atoms. The number of carbonyl (C=O) groups is 1. The fourth-order valence-corrected chi connectivity index (χ4v) is 7.71. The van der Waals surface area contributed by atoms with E-state index in [9.17, 15) is 9.59 Å². The monoisotopic (exact) mass is 807 g/mol. The number of fused-ring (bicyclic) bond motifs is 1. The summed E-state index contributed by atoms with van der Waals surface area (Å²) in [6.07, 6.45) is 1.80. The molecule has 41 heavy (non-hydrogen) atoms. The number of nitrogens with zero attached hydrogens (tertiary/aromatic N) is 3. The first-order valence-corrected chi connectivity index (χ1v) is 15.7. The molecule has 5 rings (SSSR count). The van der Waals surface area contributed by atoms with Crippen molar-refractivity contribution in [3.8, 4) is 11.8 Å². The number of nitriles is 1. The van der Waals surface area contributed by atoms with Crippen molar-refractivity contribution in [1.82, 2.24) is 4.57 Å². The molecule has 4 aromatic rings. The van der Waals surface area contributed by atoms with Gasteiger partial charge in [-0.2, -0.15) is 5.26 Å². The largest absolute Gasteiger partial charge is 0.477 e. The van der Waals surface area contributed by atoms with Crippen LogP contribution in [-0.4, -0.2) is 23.8 Å². The molecule has 1 aliphatic heterocycles. The maximum atomic E-state index is 14.0. The van der Waals surface area contributed by atoms with Gasteiger partial charge >= 0.3 is 5.97 Å². The summed E-state index contributed by atoms with van der Waals surface area (Å²) < 4.78 is 14.7. The number of benzene rings is 3. The summed E-state index contributed by atoms with van der Waals surface area (Å²) in [7, 11) is 0. The Bertz CT molecular complexity index is 1870. The Morgan fingerprint density at radius 2 is 1.83 bits per heavy atom. The SMILES string of the molecule is CCOC(=O)C1=C(c2ccccc2)N=c2s/c(=C\c3cc(I)c(OCC#N)c(I)c3)c(=O)n2[C@H]1c1ccc(Cl)cc1. The van der Waals surface area contributed by atoms with Crippen molar-refractivity contribution < 1.29 is 14.3 Å². The average molecular weight is 808 g/mol. The first kappa shape index (κ1) is 29.5. The highest BCUT2D eigenvalue weighted by molar-refractivity contribution is 14.1. The molecule has 0 unspecified atom stereocenters. The number of rotatable bonds is 7. The number of hydrogen-bond donors (Lipinski definition) is 0. The summed E-state index contributed by atoms with van der Waals surface area (Å²) >= 11 is 11.8. The van der Waals surface area contributed by atoms with Crippen LogP contribution in [0.4, 0.5) is 0 Å². The minimum absolute atomic E-state index is 0.0544. The molecule has 3 aromatic carbocycles. The Balaban J connectivity index is 1.76. The van der Waals surface area contributed by atoms with Crippen molar-refractivity contribution in [2.75, 3.05) is 13.2 Å². The second-order valence-electron chi connectivity index (χ2n) is 8.74. The van der Waals surface area contributed by atoms with Gasteiger partial charge in [-0.25, -0.2) is 9.79 Å². The van der Waals surface area contributed by atoms with E-state index in [-0.39, 0.29) is 24.3 Å². The van der Waals surface area contributed by atoms with Crippen LogP contribution in [0.1, 0.15) is 29.7 Å². The van der Waals surface area contributed by atoms with Gasteiger partial charge in [0.25, 0.3) is 5.56 Å². The van der Waals surface area contributed by atoms with Crippen LogP contribution in [0, 0.1) is 18.5 Å². The normalized spacial score (nSPS) is 14.7. The average Bonchev–Trinajstić information content (AvgIpc) is 3.27. The summed E-state index contributed by atoms with van der Waals surface area (Å²) in [5.41, 5.74) is 2.70. The fourth-order valence-electron chi connectivity index (χ4n) is 4.46. The van der Waals surface area contributed by atoms with Crippen molar-refractivity contribution in [2.45, 2.75) is 13.0 Å². The maximum Gasteiger partial charge on any atom is 0.338 e. The summed E-state index contributed by atoms with van der Waals surface area (Å²) in [5, 5.41) is 9.43. The van der Waals surface area contributed by atoms with Gasteiger partial charge in [-0.3, -0.25) is 9.36 Å². The number of ether oxygens (including phenoxy) is 2. The molecule has 0 N–H and O–H groups in total. The zero-order chi connectivity index (χ0) is 29.1. The lowest BCUT2D eigenvalue weighted by molar-refractivity contribution is -0.138. The lowest BCUT2D eigenvalue weighted by Gasteiger charge is -2.25. The van der Waals surface area contributed by atoms with Crippen molar-refractivity contribution in [2.24, 2.45) is 4.99 Å². The number of halogens is 3. The highest BCUT2D eigenvalue weighted by Gasteiger charge is 2.35. The molecule has 11 heteroatoms. The predicted molar refractivity (Wildman–Crippen MR) is 175 cm³/mol. The molecular formula is C30H20ClI2N3O4S. The van der Waals surface area contributed by atoms with E-state index in [1.54, 1.807) is 29.7 Å². The number of carbonyl (C=O) groups excluding carboxylic acids is 1. The molecule has 1 aromatic heterocycles. The van der Waals surface area contributed by atoms with Crippen LogP contribution in [0.2, 0.25) is 5.02 Å². The Morgan fingerprint density at radius 3 is 2.46 bits per heavy atom. The van der Waals surface area contributed by atoms with E-state index in [2.05, 4.69) is 45.2 Å². The summed E-state index contributed by atoms with van der Waals surface area (Å²) in [6, 6.07) is 21.5. The van der Waals surface area contributed by atoms with E-state index in [4.69, 9.17) is 31.3 Å². The molecule has 7 nitrogen and oxygen atoms in total. The molecule has 0 radical (unpaired) electrons. The van der Waals surface area contributed by atoms with Gasteiger partial charge in [-0.15, -0.1) is 0 Å². The minimum Gasteiger partial charge on any atom is -0.477 e. The molecular weight excluding hydrogens is 788 g/mol. The fraction of sp³-hybridized carbons (Fsp3) is 0.133. The van der Waals surface area contributed by atoms with E-state index in [0.29, 0.717) is 31.4 Å². The van der Waals surface area contributed by atoms with E-state index >= 15 is 0 Å². The molecule has 1 aliphatic rings. The Hall–Kier alpha value is -2.99. The van der Waals surface area contributed by atoms with E-state index in [1.807, 2.05) is 60.7 Å². The minimum atomic E-state index is -0.776. The summed E-state index contributed by atoms with van der Waals surface area (Å²) in [6.45, 7) is 1.86. The van der Waals surface area contributed by atoms with Crippen molar-refractivity contribution >= 4 is 85.9 Å². The van der Waals surface area contributed by atoms with Gasteiger partial charge in [-0.1, -0.05) is 65.4 Å². The predicted octanol–water partition coefficient (Wildman–Crippen LogP) is 5.70. The Labute approximate surface area is 271 Å². The van der Waals surface area contributed by atoms with Crippen LogP contribution in [0.25, 0.3) is 11.8 Å². The van der Waals surface area contributed by atoms with Crippen LogP contribution < -0.4 is 19.6 Å². The highest BCUT2D eigenvalue weighted by Crippen LogP contribution is 2.35. The quantitative estimate of drug-likeness (QED) is 0.177. The molecule has 0 fully saturated rings. The first-order chi connectivity index (χ1) is 19.8. The van der Waals surface area contributed by atoms with Crippen LogP contribution in [0.15, 0.2) is 82.1 Å². The van der Waals surface area contributed by atoms with Crippen LogP contribution in [0.5, 0.6) is 5.75 Å². The lowest BCUT2D eigenvalue weighted by Crippen LogP contribution is -2.40. The molecule has 1 atom stereocenters. The molecule has 2 heterocycles. The van der Waals surface area contributed by atoms with Crippen molar-refractivity contribution in [3.05, 3.63) is 121 Å². The van der Waals surface area contributed by atoms with E-state index in [0.717, 1.165) is 18.3 Å².